The zero-order valence-electron chi connectivity index (χ0n) is 12.2. The molecule has 0 aliphatic heterocycles. The molecule has 0 amide bonds. The normalized spacial score (nSPS) is 11.0. The van der Waals surface area contributed by atoms with Gasteiger partial charge in [-0.15, -0.1) is 11.3 Å². The fraction of sp³-hybridized carbons (Fsp3) is 0.250. The molecule has 0 bridgehead atoms. The quantitative estimate of drug-likeness (QED) is 0.749. The molecule has 0 fully saturated rings. The molecule has 0 radical (unpaired) electrons. The summed E-state index contributed by atoms with van der Waals surface area (Å²) < 4.78 is 0. The summed E-state index contributed by atoms with van der Waals surface area (Å²) >= 11 is 1.74. The van der Waals surface area contributed by atoms with Crippen molar-refractivity contribution < 1.29 is 0 Å². The average molecular weight is 298 g/mol. The fourth-order valence-corrected chi connectivity index (χ4v) is 3.31. The van der Waals surface area contributed by atoms with Gasteiger partial charge in [-0.2, -0.15) is 0 Å². The maximum absolute atomic E-state index is 6.03. The van der Waals surface area contributed by atoms with E-state index in [4.69, 9.17) is 5.73 Å². The number of hydrogen-bond donors (Lipinski definition) is 1. The first-order chi connectivity index (χ1) is 10.2. The SMILES string of the molecule is CCc1cc2c(N(C)Cc3ccccc3N)ncnc2s1. The van der Waals surface area contributed by atoms with Gasteiger partial charge in [0.1, 0.15) is 17.0 Å². The summed E-state index contributed by atoms with van der Waals surface area (Å²) in [6.07, 6.45) is 2.66. The highest BCUT2D eigenvalue weighted by Gasteiger charge is 2.12. The highest BCUT2D eigenvalue weighted by molar-refractivity contribution is 7.18. The third kappa shape index (κ3) is 2.69. The number of nitrogen functional groups attached to an aromatic ring is 1. The maximum Gasteiger partial charge on any atom is 0.140 e. The molecule has 0 saturated carbocycles. The standard InChI is InChI=1S/C16H18N4S/c1-3-12-8-13-15(18-10-19-16(13)21-12)20(2)9-11-6-4-5-7-14(11)17/h4-8,10H,3,9,17H2,1-2H3. The first-order valence-corrected chi connectivity index (χ1v) is 7.78. The Hall–Kier alpha value is -2.14. The van der Waals surface area contributed by atoms with Gasteiger partial charge in [0.2, 0.25) is 0 Å². The minimum atomic E-state index is 0.732. The molecule has 2 heterocycles. The van der Waals surface area contributed by atoms with Crippen molar-refractivity contribution >= 4 is 33.1 Å². The number of nitrogens with two attached hydrogens (primary N) is 1. The van der Waals surface area contributed by atoms with Gasteiger partial charge in [-0.1, -0.05) is 25.1 Å². The van der Waals surface area contributed by atoms with Crippen LogP contribution in [0, 0.1) is 0 Å². The zero-order chi connectivity index (χ0) is 14.8. The number of aryl methyl sites for hydroxylation is 1. The number of thiophene rings is 1. The second-order valence-corrected chi connectivity index (χ2v) is 6.15. The predicted octanol–water partition coefficient (Wildman–Crippen LogP) is 3.47. The van der Waals surface area contributed by atoms with Crippen LogP contribution in [0.3, 0.4) is 0 Å². The molecule has 5 heteroatoms. The van der Waals surface area contributed by atoms with Crippen LogP contribution in [0.15, 0.2) is 36.7 Å². The lowest BCUT2D eigenvalue weighted by atomic mass is 10.1. The maximum atomic E-state index is 6.03. The van der Waals surface area contributed by atoms with Gasteiger partial charge in [-0.25, -0.2) is 9.97 Å². The van der Waals surface area contributed by atoms with Crippen LogP contribution >= 0.6 is 11.3 Å². The van der Waals surface area contributed by atoms with Crippen molar-refractivity contribution in [3.05, 3.63) is 47.1 Å². The van der Waals surface area contributed by atoms with Gasteiger partial charge in [0.05, 0.1) is 5.39 Å². The Morgan fingerprint density at radius 1 is 1.24 bits per heavy atom. The van der Waals surface area contributed by atoms with Gasteiger partial charge < -0.3 is 10.6 Å². The average Bonchev–Trinajstić information content (AvgIpc) is 2.92. The van der Waals surface area contributed by atoms with E-state index in [1.807, 2.05) is 25.2 Å². The lowest BCUT2D eigenvalue weighted by Crippen LogP contribution is -2.18. The van der Waals surface area contributed by atoms with E-state index in [0.29, 0.717) is 0 Å². The van der Waals surface area contributed by atoms with Crippen LogP contribution in [0.1, 0.15) is 17.4 Å². The Morgan fingerprint density at radius 2 is 2.05 bits per heavy atom. The van der Waals surface area contributed by atoms with E-state index < -0.39 is 0 Å². The summed E-state index contributed by atoms with van der Waals surface area (Å²) in [6, 6.07) is 10.1. The van der Waals surface area contributed by atoms with Crippen LogP contribution in [-0.2, 0) is 13.0 Å². The number of aromatic nitrogens is 2. The molecule has 2 aromatic heterocycles. The molecule has 1 aromatic carbocycles. The Balaban J connectivity index is 1.96. The summed E-state index contributed by atoms with van der Waals surface area (Å²) in [5.74, 6) is 0.958. The van der Waals surface area contributed by atoms with Crippen molar-refractivity contribution in [3.63, 3.8) is 0 Å². The van der Waals surface area contributed by atoms with Crippen molar-refractivity contribution in [2.75, 3.05) is 17.7 Å². The number of nitrogens with zero attached hydrogens (tertiary/aromatic N) is 3. The van der Waals surface area contributed by atoms with Gasteiger partial charge in [0.15, 0.2) is 0 Å². The van der Waals surface area contributed by atoms with Crippen LogP contribution in [0.2, 0.25) is 0 Å². The van der Waals surface area contributed by atoms with Crippen molar-refractivity contribution in [2.24, 2.45) is 0 Å². The number of benzene rings is 1. The van der Waals surface area contributed by atoms with Crippen LogP contribution in [-0.4, -0.2) is 17.0 Å². The molecule has 108 valence electrons. The van der Waals surface area contributed by atoms with Gasteiger partial charge in [-0.05, 0) is 24.1 Å². The monoisotopic (exact) mass is 298 g/mol. The molecule has 3 rings (SSSR count). The predicted molar refractivity (Wildman–Crippen MR) is 89.8 cm³/mol. The molecule has 4 nitrogen and oxygen atoms in total. The third-order valence-electron chi connectivity index (χ3n) is 3.53. The number of fused-ring (bicyclic) bond motifs is 1. The van der Waals surface area contributed by atoms with Crippen LogP contribution in [0.4, 0.5) is 11.5 Å². The lowest BCUT2D eigenvalue weighted by Gasteiger charge is -2.19. The Bertz CT molecular complexity index is 766. The summed E-state index contributed by atoms with van der Waals surface area (Å²) in [4.78, 5) is 13.3. The van der Waals surface area contributed by atoms with Gasteiger partial charge in [0.25, 0.3) is 0 Å². The van der Waals surface area contributed by atoms with Crippen LogP contribution < -0.4 is 10.6 Å². The molecule has 0 unspecified atom stereocenters. The van der Waals surface area contributed by atoms with Crippen molar-refractivity contribution in [3.8, 4) is 0 Å². The summed E-state index contributed by atoms with van der Waals surface area (Å²) in [7, 11) is 2.04. The van der Waals surface area contributed by atoms with Crippen LogP contribution in [0.5, 0.6) is 0 Å². The Morgan fingerprint density at radius 3 is 2.81 bits per heavy atom. The minimum Gasteiger partial charge on any atom is -0.398 e. The van der Waals surface area contributed by atoms with E-state index in [1.54, 1.807) is 17.7 Å². The van der Waals surface area contributed by atoms with Crippen molar-refractivity contribution in [2.45, 2.75) is 19.9 Å². The first kappa shape index (κ1) is 13.8. The largest absolute Gasteiger partial charge is 0.398 e. The number of para-hydroxylation sites is 1. The van der Waals surface area contributed by atoms with E-state index in [0.717, 1.165) is 40.3 Å². The highest BCUT2D eigenvalue weighted by atomic mass is 32.1. The molecule has 3 aromatic rings. The first-order valence-electron chi connectivity index (χ1n) is 6.97. The molecule has 0 spiro atoms. The van der Waals surface area contributed by atoms with E-state index in [2.05, 4.69) is 33.9 Å². The number of rotatable bonds is 4. The molecule has 0 aliphatic rings. The van der Waals surface area contributed by atoms with E-state index >= 15 is 0 Å². The van der Waals surface area contributed by atoms with E-state index in [1.165, 1.54) is 4.88 Å². The molecule has 2 N–H and O–H groups in total. The molecule has 0 aliphatic carbocycles. The summed E-state index contributed by atoms with van der Waals surface area (Å²) in [6.45, 7) is 2.89. The van der Waals surface area contributed by atoms with E-state index in [9.17, 15) is 0 Å². The molecular weight excluding hydrogens is 280 g/mol. The highest BCUT2D eigenvalue weighted by Crippen LogP contribution is 2.30. The topological polar surface area (TPSA) is 55.0 Å². The lowest BCUT2D eigenvalue weighted by molar-refractivity contribution is 0.903. The minimum absolute atomic E-state index is 0.732. The molecule has 21 heavy (non-hydrogen) atoms. The third-order valence-corrected chi connectivity index (χ3v) is 4.72. The smallest absolute Gasteiger partial charge is 0.140 e. The summed E-state index contributed by atoms with van der Waals surface area (Å²) in [5, 5.41) is 1.12. The zero-order valence-corrected chi connectivity index (χ0v) is 13.0. The van der Waals surface area contributed by atoms with Gasteiger partial charge >= 0.3 is 0 Å². The second kappa shape index (κ2) is 5.69. The Kier molecular flexibility index (Phi) is 3.75. The second-order valence-electron chi connectivity index (χ2n) is 5.04. The molecule has 0 saturated heterocycles. The number of hydrogen-bond acceptors (Lipinski definition) is 5. The number of anilines is 2. The Labute approximate surface area is 128 Å². The molecular formula is C16H18N4S. The van der Waals surface area contributed by atoms with Crippen molar-refractivity contribution in [1.29, 1.82) is 0 Å². The fourth-order valence-electron chi connectivity index (χ4n) is 2.38. The van der Waals surface area contributed by atoms with E-state index in [-0.39, 0.29) is 0 Å². The van der Waals surface area contributed by atoms with Crippen LogP contribution in [0.25, 0.3) is 10.2 Å². The summed E-state index contributed by atoms with van der Waals surface area (Å²) in [5.41, 5.74) is 7.95. The molecule has 0 atom stereocenters. The van der Waals surface area contributed by atoms with Crippen molar-refractivity contribution in [1.82, 2.24) is 9.97 Å². The van der Waals surface area contributed by atoms with Gasteiger partial charge in [-0.3, -0.25) is 0 Å². The van der Waals surface area contributed by atoms with Gasteiger partial charge in [0, 0.05) is 24.2 Å².